The molecule has 0 saturated carbocycles. The molecule has 2 aromatic carbocycles. The zero-order valence-electron chi connectivity index (χ0n) is 32.7. The second-order valence-electron chi connectivity index (χ2n) is 16.3. The minimum Gasteiger partial charge on any atom is -0.371 e. The highest BCUT2D eigenvalue weighted by Crippen LogP contribution is 2.32. The molecule has 0 bridgehead atoms. The smallest absolute Gasteiger partial charge is 0.249 e. The van der Waals surface area contributed by atoms with Crippen LogP contribution in [0.15, 0.2) is 66.0 Å². The molecule has 0 aliphatic carbocycles. The molecule has 4 saturated heterocycles. The second kappa shape index (κ2) is 17.3. The van der Waals surface area contributed by atoms with Gasteiger partial charge in [0.15, 0.2) is 15.7 Å². The highest BCUT2D eigenvalue weighted by atomic mass is 35.5. The number of imide groups is 1. The third-order valence-electron chi connectivity index (χ3n) is 12.5. The number of benzene rings is 2. The van der Waals surface area contributed by atoms with Gasteiger partial charge in [0.1, 0.15) is 11.1 Å². The van der Waals surface area contributed by atoms with E-state index < -0.39 is 9.84 Å². The van der Waals surface area contributed by atoms with E-state index in [0.29, 0.717) is 35.3 Å². The van der Waals surface area contributed by atoms with E-state index in [9.17, 15) is 18.0 Å². The summed E-state index contributed by atoms with van der Waals surface area (Å²) in [5.41, 5.74) is 1.69. The highest BCUT2D eigenvalue weighted by molar-refractivity contribution is 7.91. The van der Waals surface area contributed by atoms with Gasteiger partial charge in [-0.25, -0.2) is 13.4 Å². The maximum Gasteiger partial charge on any atom is 0.249 e. The molecule has 2 amide bonds. The van der Waals surface area contributed by atoms with Crippen molar-refractivity contribution in [3.05, 3.63) is 66.1 Å². The van der Waals surface area contributed by atoms with Gasteiger partial charge in [-0.15, -0.1) is 0 Å². The van der Waals surface area contributed by atoms with Crippen LogP contribution in [0.3, 0.4) is 0 Å². The molecule has 2 aromatic heterocycles. The van der Waals surface area contributed by atoms with Gasteiger partial charge in [-0.05, 0) is 106 Å². The Labute approximate surface area is 340 Å². The predicted octanol–water partition coefficient (Wildman–Crippen LogP) is 6.10. The normalized spacial score (nSPS) is 22.0. The van der Waals surface area contributed by atoms with Crippen LogP contribution in [0.1, 0.15) is 64.3 Å². The van der Waals surface area contributed by atoms with Crippen molar-refractivity contribution in [3.8, 4) is 0 Å². The van der Waals surface area contributed by atoms with Crippen molar-refractivity contribution in [2.24, 2.45) is 11.8 Å². The number of carbonyl (C=O) groups excluding carboxylic acids is 2. The topological polar surface area (TPSA) is 145 Å². The van der Waals surface area contributed by atoms with Gasteiger partial charge in [0.25, 0.3) is 0 Å². The summed E-state index contributed by atoms with van der Waals surface area (Å²) in [6, 6.07) is 13.3. The van der Waals surface area contributed by atoms with E-state index in [1.165, 1.54) is 57.4 Å². The van der Waals surface area contributed by atoms with Crippen LogP contribution in [0, 0.1) is 11.8 Å². The number of halogens is 1. The first-order valence-electron chi connectivity index (χ1n) is 20.6. The minimum absolute atomic E-state index is 0.00365. The summed E-state index contributed by atoms with van der Waals surface area (Å²) >= 11 is 6.43. The Morgan fingerprint density at radius 1 is 0.895 bits per heavy atom. The van der Waals surface area contributed by atoms with E-state index in [0.717, 1.165) is 61.8 Å². The Kier molecular flexibility index (Phi) is 12.0. The fraction of sp³-hybridized carbons (Fsp3) is 0.524. The van der Waals surface area contributed by atoms with Crippen molar-refractivity contribution < 1.29 is 18.0 Å². The highest BCUT2D eigenvalue weighted by Gasteiger charge is 2.30. The second-order valence-corrected chi connectivity index (χ2v) is 18.9. The summed E-state index contributed by atoms with van der Waals surface area (Å²) < 4.78 is 27.3. The van der Waals surface area contributed by atoms with E-state index in [2.05, 4.69) is 65.0 Å². The molecule has 4 aliphatic heterocycles. The quantitative estimate of drug-likeness (QED) is 0.135. The number of anilines is 4. The first-order chi connectivity index (χ1) is 27.6. The molecule has 2 atom stereocenters. The van der Waals surface area contributed by atoms with Crippen LogP contribution in [0.5, 0.6) is 0 Å². The zero-order chi connectivity index (χ0) is 39.5. The lowest BCUT2D eigenvalue weighted by Gasteiger charge is -2.38. The van der Waals surface area contributed by atoms with E-state index >= 15 is 0 Å². The molecule has 1 unspecified atom stereocenters. The van der Waals surface area contributed by atoms with Crippen molar-refractivity contribution in [1.82, 2.24) is 29.7 Å². The van der Waals surface area contributed by atoms with Crippen molar-refractivity contribution >= 4 is 67.2 Å². The number of hydrogen-bond donors (Lipinski definition) is 3. The number of aromatic nitrogens is 3. The lowest BCUT2D eigenvalue weighted by Crippen LogP contribution is -2.42. The summed E-state index contributed by atoms with van der Waals surface area (Å²) in [5.74, 6) is 1.95. The molecule has 13 nitrogen and oxygen atoms in total. The van der Waals surface area contributed by atoms with Gasteiger partial charge in [0, 0.05) is 68.7 Å². The number of para-hydroxylation sites is 1. The first-order valence-corrected chi connectivity index (χ1v) is 22.7. The predicted molar refractivity (Wildman–Crippen MR) is 225 cm³/mol. The van der Waals surface area contributed by atoms with Gasteiger partial charge in [-0.3, -0.25) is 14.9 Å². The summed E-state index contributed by atoms with van der Waals surface area (Å²) in [6.45, 7) is 10.4. The van der Waals surface area contributed by atoms with E-state index in [4.69, 9.17) is 11.6 Å². The molecular formula is C42H54ClN9O4S. The Hall–Kier alpha value is -4.24. The summed E-state index contributed by atoms with van der Waals surface area (Å²) in [6.07, 6.45) is 13.7. The van der Waals surface area contributed by atoms with Gasteiger partial charge in [0.05, 0.1) is 22.5 Å². The average Bonchev–Trinajstić information content (AvgIpc) is 3.86. The SMILES string of the molecule is CCS(=O)(=O)c1ccccc1Nc1nc(N[C@@H]2CCN(CCC3CCN(CC4CCN(c5ccc6cn(C7CCC(=O)NC7=O)cc6c5)CC4)CC3)C2)ncc1Cl. The Bertz CT molecular complexity index is 2180. The number of amides is 2. The average molecular weight is 816 g/mol. The van der Waals surface area contributed by atoms with Gasteiger partial charge in [-0.2, -0.15) is 4.98 Å². The van der Waals surface area contributed by atoms with Crippen LogP contribution < -0.4 is 20.9 Å². The maximum absolute atomic E-state index is 12.6. The Morgan fingerprint density at radius 2 is 1.65 bits per heavy atom. The molecule has 15 heteroatoms. The van der Waals surface area contributed by atoms with Crippen LogP contribution >= 0.6 is 11.6 Å². The first kappa shape index (κ1) is 39.6. The third-order valence-corrected chi connectivity index (χ3v) is 14.5. The number of likely N-dealkylation sites (tertiary alicyclic amines) is 2. The summed E-state index contributed by atoms with van der Waals surface area (Å²) in [7, 11) is -3.42. The van der Waals surface area contributed by atoms with E-state index in [1.807, 2.05) is 10.8 Å². The molecular weight excluding hydrogens is 762 g/mol. The van der Waals surface area contributed by atoms with E-state index in [1.54, 1.807) is 37.4 Å². The summed E-state index contributed by atoms with van der Waals surface area (Å²) in [4.78, 5) is 41.0. The molecule has 0 radical (unpaired) electrons. The number of fused-ring (bicyclic) bond motifs is 1. The van der Waals surface area contributed by atoms with Gasteiger partial charge in [0.2, 0.25) is 17.8 Å². The van der Waals surface area contributed by atoms with Gasteiger partial charge in [-0.1, -0.05) is 36.7 Å². The molecule has 304 valence electrons. The molecule has 8 rings (SSSR count). The molecule has 0 spiro atoms. The Morgan fingerprint density at radius 3 is 2.44 bits per heavy atom. The number of piperidine rings is 3. The summed E-state index contributed by atoms with van der Waals surface area (Å²) in [5, 5.41) is 11.7. The fourth-order valence-electron chi connectivity index (χ4n) is 9.04. The van der Waals surface area contributed by atoms with Crippen molar-refractivity contribution in [2.75, 3.05) is 73.6 Å². The minimum atomic E-state index is -3.42. The molecule has 4 aromatic rings. The Balaban J connectivity index is 0.744. The number of carbonyl (C=O) groups is 2. The van der Waals surface area contributed by atoms with Gasteiger partial charge < -0.3 is 29.9 Å². The van der Waals surface area contributed by atoms with E-state index in [-0.39, 0.29) is 34.5 Å². The number of nitrogens with zero attached hydrogens (tertiary/aromatic N) is 6. The lowest BCUT2D eigenvalue weighted by molar-refractivity contribution is -0.135. The molecule has 4 fully saturated rings. The number of hydrogen-bond acceptors (Lipinski definition) is 11. The van der Waals surface area contributed by atoms with Crippen LogP contribution in [0.4, 0.5) is 23.1 Å². The van der Waals surface area contributed by atoms with Crippen LogP contribution in [0.2, 0.25) is 5.02 Å². The van der Waals surface area contributed by atoms with Crippen molar-refractivity contribution in [2.45, 2.75) is 75.3 Å². The van der Waals surface area contributed by atoms with Crippen LogP contribution in [-0.2, 0) is 19.4 Å². The number of nitrogens with one attached hydrogen (secondary N) is 3. The largest absolute Gasteiger partial charge is 0.371 e. The van der Waals surface area contributed by atoms with Crippen LogP contribution in [0.25, 0.3) is 10.8 Å². The standard InChI is InChI=1S/C42H54ClN9O4S/c1-2-57(55,56)38-6-4-3-5-36(38)46-40-35(43)24-44-42(48-40)45-33-16-20-50(28-33)19-13-29-11-17-49(18-12-29)25-30-14-21-51(22-15-30)34-8-7-31-26-52(27-32(31)23-34)37-9-10-39(53)47-41(37)54/h3-8,23-24,26-27,29-30,33,37H,2,9-22,25,28H2,1H3,(H,47,53,54)(H2,44,45,46,48)/t33-,37?/m1/s1. The van der Waals surface area contributed by atoms with Crippen molar-refractivity contribution in [3.63, 3.8) is 0 Å². The van der Waals surface area contributed by atoms with Crippen LogP contribution in [-0.4, -0.2) is 109 Å². The number of sulfone groups is 1. The molecule has 57 heavy (non-hydrogen) atoms. The zero-order valence-corrected chi connectivity index (χ0v) is 34.3. The fourth-order valence-corrected chi connectivity index (χ4v) is 10.2. The van der Waals surface area contributed by atoms with Gasteiger partial charge >= 0.3 is 0 Å². The molecule has 6 heterocycles. The molecule has 4 aliphatic rings. The monoisotopic (exact) mass is 815 g/mol. The maximum atomic E-state index is 12.6. The number of rotatable bonds is 13. The third kappa shape index (κ3) is 9.40. The molecule has 3 N–H and O–H groups in total. The lowest BCUT2D eigenvalue weighted by atomic mass is 9.91. The van der Waals surface area contributed by atoms with Crippen molar-refractivity contribution in [1.29, 1.82) is 0 Å².